The molecule has 0 saturated heterocycles. The fourth-order valence-electron chi connectivity index (χ4n) is 10.7. The van der Waals surface area contributed by atoms with E-state index in [1.165, 1.54) is 12.0 Å². The number of fused-ring (bicyclic) bond motifs is 6. The number of likely N-dealkylation sites (N-methyl/N-ethyl adjacent to an activating group) is 4. The van der Waals surface area contributed by atoms with E-state index >= 15 is 0 Å². The summed E-state index contributed by atoms with van der Waals surface area (Å²) in [4.78, 5) is 52.6. The number of nitrogens with zero attached hydrogens (tertiary/aromatic N) is 19. The van der Waals surface area contributed by atoms with Crippen molar-refractivity contribution in [2.24, 2.45) is 0 Å². The van der Waals surface area contributed by atoms with Crippen LogP contribution in [0, 0.1) is 17.0 Å². The second-order valence-corrected chi connectivity index (χ2v) is 26.8. The number of anilines is 6. The minimum Gasteiger partial charge on any atom is -1.00 e. The Balaban J connectivity index is 0. The predicted octanol–water partition coefficient (Wildman–Crippen LogP) is -1.99. The van der Waals surface area contributed by atoms with Crippen LogP contribution in [0.5, 0.6) is 0 Å². The molecule has 672 valence electrons. The molecule has 0 spiro atoms. The van der Waals surface area contributed by atoms with Crippen molar-refractivity contribution < 1.29 is 310 Å². The SMILES string of the molecule is CCCBr.CC[n+]1ccc(/C=C/c2ccc(N(C)CCO)c3nonc23)cc1.CC[n+]1ccc(/C=C/c2ccc(N(C)CCOOC#CI)c3nonc23)cc1.CC[n+]1ccc(C)cc1.CI.CN(CCO)c1ccc(C=O)c2nonc12.CN(CCO)c1cccc2nonc12.CNc1cccc2nonc12.Nc1cccc2nonc12.O=CO[O-].O=CO[O-].[H-].[H-].[K+].[K+].[K+].[K+]. The van der Waals surface area contributed by atoms with Crippen molar-refractivity contribution in [3.63, 3.8) is 0 Å². The first-order chi connectivity index (χ1) is 61.4. The fourth-order valence-corrected chi connectivity index (χ4v) is 10.8. The Bertz CT molecular complexity index is 5770. The number of nitrogen functional groups attached to an aromatic ring is 1. The zero-order valence-corrected chi connectivity index (χ0v) is 93.4. The Labute approximate surface area is 958 Å². The molecule has 6 N–H and O–H groups in total. The van der Waals surface area contributed by atoms with E-state index in [0.29, 0.717) is 94.5 Å². The summed E-state index contributed by atoms with van der Waals surface area (Å²) in [6.45, 7) is 15.9. The summed E-state index contributed by atoms with van der Waals surface area (Å²) in [5.74, 6) is 0. The Morgan fingerprint density at radius 1 is 0.469 bits per heavy atom. The van der Waals surface area contributed by atoms with E-state index in [0.717, 1.165) is 97.7 Å². The molecule has 130 heavy (non-hydrogen) atoms. The Hall–Kier alpha value is -6.33. The van der Waals surface area contributed by atoms with Crippen LogP contribution in [0.25, 0.3) is 90.5 Å². The maximum absolute atomic E-state index is 10.8. The Kier molecular flexibility index (Phi) is 67.5. The molecule has 0 atom stereocenters. The number of carbonyl (C=O) groups is 3. The molecule has 9 heterocycles. The monoisotopic (exact) mass is 2180 g/mol. The number of hydrogen-bond acceptors (Lipinski definition) is 36. The average molecular weight is 2180 g/mol. The molecule has 0 amide bonds. The molecule has 0 unspecified atom stereocenters. The van der Waals surface area contributed by atoms with Crippen molar-refractivity contribution >= 4 is 205 Å². The molecule has 46 heteroatoms. The first kappa shape index (κ1) is 122. The van der Waals surface area contributed by atoms with Gasteiger partial charge in [0.05, 0.1) is 53.9 Å². The Morgan fingerprint density at radius 3 is 1.18 bits per heavy atom. The van der Waals surface area contributed by atoms with Crippen LogP contribution in [0.2, 0.25) is 0 Å². The molecule has 0 aliphatic rings. The molecule has 15 aromatic rings. The van der Waals surface area contributed by atoms with Gasteiger partial charge >= 0.3 is 206 Å². The zero-order valence-electron chi connectivity index (χ0n) is 77.0. The third-order valence-electron chi connectivity index (χ3n) is 17.3. The number of aldehydes is 1. The molecule has 9 aromatic heterocycles. The first-order valence-electron chi connectivity index (χ1n) is 38.4. The number of pyridine rings is 3. The number of alkyl halides is 2. The van der Waals surface area contributed by atoms with E-state index in [1.807, 2.05) is 173 Å². The van der Waals surface area contributed by atoms with E-state index in [-0.39, 0.29) is 241 Å². The topological polar surface area (TPSA) is 491 Å². The number of nitrogens with two attached hydrogens (primary N) is 1. The summed E-state index contributed by atoms with van der Waals surface area (Å²) in [5, 5.41) is 93.6. The molecule has 0 aliphatic heterocycles. The molecule has 6 aromatic carbocycles. The summed E-state index contributed by atoms with van der Waals surface area (Å²) < 4.78 is 37.2. The van der Waals surface area contributed by atoms with Crippen LogP contribution in [0.1, 0.15) is 75.1 Å². The fraction of sp³-hybridized carbons (Fsp3) is 0.286. The molecule has 0 radical (unpaired) electrons. The summed E-state index contributed by atoms with van der Waals surface area (Å²) >= 11 is 7.28. The Morgan fingerprint density at radius 2 is 0.800 bits per heavy atom. The standard InChI is InChI=1S/C20H20IN4O3.C18H21N4O2.C10H11N3O3.C9H11N3O2.C8H12N.C7H7N3O.C6H5N3O.C3H7Br.CH3I.2CH2O3.4K.2H/c1-3-25-11-8-16(9-12-25)4-5-17-6-7-18(20-19(17)22-28-23-20)24(2)13-15-27-26-14-10-21;1-3-22-10-8-14(9-11-22)4-5-15-6-7-16(21(2)12-13-23)18-17(15)19-24-20-18;1-13(4-5-14)8-3-2-7(6-15)9-10(8)12-16-11-9;1-12(5-6-13)8-4-2-3-7-9(8)11-14-10-7;1-3-9-6-4-8(2)5-7-9;1-8-5-3-2-4-6-7(5)10-11-9-6;7-4-2-1-3-5-6(4)9-10-8-5;1-2-3-4;1-2;2*2-1-4-3;;;;;;/h4-9,11-12H,3,13,15H2,1-2H3;4-11,23H,3,12-13H2,1-2H3;2-3,6,14H,4-5H2,1H3;2-4,13H,5-6H2,1H3;4-7H,3H2,1-2H3;2-4,8H,1H3;1-3H,7H2;2-3H2,1H3;1H3;2*1,3H;;;;;;/q2*+1;;;+1;;;;;;;4*+1;2*-1/p-2. The number of rotatable bonds is 26. The molecular formula is C84H101BrI2K4N21O18+3. The van der Waals surface area contributed by atoms with E-state index in [2.05, 4.69) is 266 Å². The van der Waals surface area contributed by atoms with Gasteiger partial charge in [-0.3, -0.25) is 19.3 Å². The number of aliphatic hydroxyl groups is 3. The van der Waals surface area contributed by atoms with Gasteiger partial charge in [0.25, 0.3) is 12.9 Å². The van der Waals surface area contributed by atoms with Gasteiger partial charge in [0.1, 0.15) is 59.3 Å². The normalized spacial score (nSPS) is 9.84. The van der Waals surface area contributed by atoms with Crippen LogP contribution < -0.4 is 260 Å². The van der Waals surface area contributed by atoms with Crippen LogP contribution in [0.15, 0.2) is 192 Å². The molecule has 39 nitrogen and oxygen atoms in total. The largest absolute Gasteiger partial charge is 1.00 e. The maximum atomic E-state index is 10.8. The van der Waals surface area contributed by atoms with Crippen molar-refractivity contribution in [1.29, 1.82) is 0 Å². The maximum Gasteiger partial charge on any atom is 1.00 e. The van der Waals surface area contributed by atoms with Gasteiger partial charge in [-0.25, -0.2) is 41.5 Å². The van der Waals surface area contributed by atoms with Gasteiger partial charge in [-0.05, 0) is 178 Å². The van der Waals surface area contributed by atoms with E-state index in [4.69, 9.17) is 60.2 Å². The molecule has 15 rings (SSSR count). The van der Waals surface area contributed by atoms with Crippen LogP contribution in [-0.4, -0.2) is 195 Å². The van der Waals surface area contributed by atoms with Gasteiger partial charge < -0.3 is 69.1 Å². The average Bonchev–Trinajstić information content (AvgIpc) is 1.65. The van der Waals surface area contributed by atoms with Gasteiger partial charge in [-0.15, -0.1) is 0 Å². The second-order valence-electron chi connectivity index (χ2n) is 25.4. The van der Waals surface area contributed by atoms with E-state index in [1.54, 1.807) is 24.3 Å². The number of halogens is 3. The second kappa shape index (κ2) is 72.1. The number of carbonyl (C=O) groups excluding carboxylic acids is 3. The van der Waals surface area contributed by atoms with Crippen molar-refractivity contribution in [2.75, 3.05) is 129 Å². The van der Waals surface area contributed by atoms with Crippen LogP contribution >= 0.6 is 61.1 Å². The van der Waals surface area contributed by atoms with Crippen molar-refractivity contribution in [3.8, 4) is 10.0 Å². The van der Waals surface area contributed by atoms with Crippen LogP contribution in [0.4, 0.5) is 34.1 Å². The molecule has 0 aliphatic carbocycles. The van der Waals surface area contributed by atoms with Gasteiger partial charge in [0.2, 0.25) is 0 Å². The van der Waals surface area contributed by atoms with Gasteiger partial charge in [-0.2, -0.15) is 4.89 Å². The summed E-state index contributed by atoms with van der Waals surface area (Å²) in [5.41, 5.74) is 24.6. The van der Waals surface area contributed by atoms with E-state index in [9.17, 15) is 4.79 Å². The number of benzene rings is 6. The van der Waals surface area contributed by atoms with Crippen molar-refractivity contribution in [1.82, 2.24) is 61.9 Å². The van der Waals surface area contributed by atoms with E-state index < -0.39 is 0 Å². The molecule has 0 saturated carbocycles. The smallest absolute Gasteiger partial charge is 1.00 e. The van der Waals surface area contributed by atoms with Crippen LogP contribution in [-0.2, 0) is 48.8 Å². The van der Waals surface area contributed by atoms with Gasteiger partial charge in [0.15, 0.2) is 82.7 Å². The van der Waals surface area contributed by atoms with Gasteiger partial charge in [0, 0.05) is 146 Å². The number of aromatic nitrogens is 15. The minimum atomic E-state index is -0.181. The summed E-state index contributed by atoms with van der Waals surface area (Å²) in [6.07, 6.45) is 24.9. The third kappa shape index (κ3) is 41.1. The van der Waals surface area contributed by atoms with Crippen molar-refractivity contribution in [3.05, 3.63) is 198 Å². The third-order valence-corrected chi connectivity index (χ3v) is 18.3. The van der Waals surface area contributed by atoms with Crippen LogP contribution in [0.3, 0.4) is 0 Å². The van der Waals surface area contributed by atoms with Gasteiger partial charge in [-0.1, -0.05) is 100 Å². The summed E-state index contributed by atoms with van der Waals surface area (Å²) in [7, 11) is 9.39. The quantitative estimate of drug-likeness (QED) is 0.00374. The van der Waals surface area contributed by atoms with Crippen molar-refractivity contribution in [2.45, 2.75) is 60.7 Å². The molecular weight excluding hydrogens is 2080 g/mol. The first-order valence-corrected chi connectivity index (χ1v) is 42.8. The molecule has 0 fully saturated rings. The predicted molar refractivity (Wildman–Crippen MR) is 493 cm³/mol. The number of nitrogens with one attached hydrogen (secondary N) is 1. The number of aryl methyl sites for hydroxylation is 4. The minimum absolute atomic E-state index is 0. The summed E-state index contributed by atoms with van der Waals surface area (Å²) in [6, 6.07) is 40.6. The number of hydrogen-bond donors (Lipinski definition) is 5. The number of aliphatic hydroxyl groups excluding tert-OH is 3. The zero-order chi connectivity index (χ0) is 91.8. The molecule has 0 bridgehead atoms.